The Hall–Kier alpha value is -1.44. The summed E-state index contributed by atoms with van der Waals surface area (Å²) in [7, 11) is 0. The van der Waals surface area contributed by atoms with Gasteiger partial charge in [0.05, 0.1) is 12.7 Å². The van der Waals surface area contributed by atoms with Crippen molar-refractivity contribution < 1.29 is 33.4 Å². The number of ketones is 1. The molecule has 34 heavy (non-hydrogen) atoms. The first-order chi connectivity index (χ1) is 15.9. The van der Waals surface area contributed by atoms with E-state index in [2.05, 4.69) is 0 Å². The summed E-state index contributed by atoms with van der Waals surface area (Å²) in [4.78, 5) is 36.4. The van der Waals surface area contributed by atoms with Crippen LogP contribution in [0.2, 0.25) is 0 Å². The zero-order valence-corrected chi connectivity index (χ0v) is 21.1. The highest BCUT2D eigenvalue weighted by Crippen LogP contribution is 2.70. The molecule has 1 N–H and O–H groups in total. The molecule has 7 atom stereocenters. The molecule has 9 heteroatoms. The van der Waals surface area contributed by atoms with Crippen LogP contribution in [0.1, 0.15) is 59.3 Å². The van der Waals surface area contributed by atoms with Gasteiger partial charge in [0.15, 0.2) is 11.5 Å². The molecule has 0 aromatic rings. The zero-order valence-electron chi connectivity index (χ0n) is 19.6. The summed E-state index contributed by atoms with van der Waals surface area (Å²) in [5.41, 5.74) is -5.35. The predicted molar refractivity (Wildman–Crippen MR) is 124 cm³/mol. The van der Waals surface area contributed by atoms with E-state index in [1.807, 2.05) is 6.92 Å². The average molecular weight is 517 g/mol. The molecular weight excluding hydrogens is 486 g/mol. The lowest BCUT2D eigenvalue weighted by molar-refractivity contribution is -0.232. The number of rotatable bonds is 5. The highest BCUT2D eigenvalue weighted by Gasteiger charge is 2.76. The van der Waals surface area contributed by atoms with E-state index in [4.69, 9.17) is 32.7 Å². The molecule has 4 aliphatic rings. The Morgan fingerprint density at radius 3 is 2.62 bits per heavy atom. The second-order valence-electron chi connectivity index (χ2n) is 10.5. The Balaban J connectivity index is 1.78. The maximum absolute atomic E-state index is 17.2. The number of aliphatic hydroxyl groups excluding tert-OH is 1. The predicted octanol–water partition coefficient (Wildman–Crippen LogP) is 4.40. The molecule has 0 unspecified atom stereocenters. The zero-order chi connectivity index (χ0) is 25.1. The number of carbonyl (C=O) groups excluding carboxylic acids is 3. The van der Waals surface area contributed by atoms with E-state index in [0.717, 1.165) is 0 Å². The summed E-state index contributed by atoms with van der Waals surface area (Å²) in [5, 5.41) is 11.4. The number of carbonyl (C=O) groups is 3. The van der Waals surface area contributed by atoms with Crippen LogP contribution >= 0.6 is 23.2 Å². The van der Waals surface area contributed by atoms with E-state index in [-0.39, 0.29) is 31.1 Å². The number of hydrogen-bond donors (Lipinski definition) is 1. The third kappa shape index (κ3) is 3.33. The molecule has 188 valence electrons. The smallest absolute Gasteiger partial charge is 0.351 e. The molecule has 0 radical (unpaired) electrons. The number of esters is 2. The first kappa shape index (κ1) is 25.6. The molecule has 0 bridgehead atoms. The number of alkyl halides is 3. The number of ether oxygens (including phenoxy) is 2. The van der Waals surface area contributed by atoms with Crippen molar-refractivity contribution in [3.63, 3.8) is 0 Å². The Morgan fingerprint density at radius 1 is 1.26 bits per heavy atom. The highest BCUT2D eigenvalue weighted by atomic mass is 35.5. The fourth-order valence-electron chi connectivity index (χ4n) is 7.27. The van der Waals surface area contributed by atoms with Gasteiger partial charge in [-0.3, -0.25) is 4.79 Å². The van der Waals surface area contributed by atoms with Crippen LogP contribution in [-0.2, 0) is 23.9 Å². The Labute approximate surface area is 208 Å². The van der Waals surface area contributed by atoms with Crippen LogP contribution in [0.15, 0.2) is 23.8 Å². The Bertz CT molecular complexity index is 965. The lowest BCUT2D eigenvalue weighted by Gasteiger charge is -2.62. The average Bonchev–Trinajstić information content (AvgIpc) is 3.06. The second-order valence-corrected chi connectivity index (χ2v) is 11.6. The van der Waals surface area contributed by atoms with Gasteiger partial charge in [0.2, 0.25) is 10.4 Å². The van der Waals surface area contributed by atoms with Crippen LogP contribution in [0.4, 0.5) is 4.39 Å². The minimum atomic E-state index is -2.05. The fraction of sp³-hybridized carbons (Fsp3) is 0.720. The SMILES string of the molecule is CCCOC(=O)[C@@]1(OC(=O)C(Cl)Cl)CC[C@H]2[C@@H]3CCC4=CC(=O)C=C[C@]4(C)[C@@]3(F)[C@@H](O)C[C@@]21C. The van der Waals surface area contributed by atoms with E-state index < -0.39 is 50.9 Å². The van der Waals surface area contributed by atoms with Gasteiger partial charge in [-0.15, -0.1) is 0 Å². The summed E-state index contributed by atoms with van der Waals surface area (Å²) in [5.74, 6) is -2.88. The number of aliphatic hydroxyl groups is 1. The first-order valence-corrected chi connectivity index (χ1v) is 12.7. The highest BCUT2D eigenvalue weighted by molar-refractivity contribution is 6.53. The molecule has 0 saturated heterocycles. The number of allylic oxidation sites excluding steroid dienone is 4. The van der Waals surface area contributed by atoms with Crippen molar-refractivity contribution in [1.82, 2.24) is 0 Å². The first-order valence-electron chi connectivity index (χ1n) is 11.9. The van der Waals surface area contributed by atoms with Crippen molar-refractivity contribution in [2.45, 2.75) is 81.5 Å². The molecule has 6 nitrogen and oxygen atoms in total. The fourth-order valence-corrected chi connectivity index (χ4v) is 7.36. The third-order valence-electron chi connectivity index (χ3n) is 8.98. The largest absolute Gasteiger partial charge is 0.463 e. The van der Waals surface area contributed by atoms with E-state index >= 15 is 4.39 Å². The molecule has 0 amide bonds. The van der Waals surface area contributed by atoms with Crippen molar-refractivity contribution in [1.29, 1.82) is 0 Å². The molecule has 3 fully saturated rings. The maximum atomic E-state index is 17.2. The van der Waals surface area contributed by atoms with E-state index in [1.165, 1.54) is 12.2 Å². The molecule has 0 aromatic carbocycles. The van der Waals surface area contributed by atoms with E-state index in [9.17, 15) is 19.5 Å². The topological polar surface area (TPSA) is 89.9 Å². The van der Waals surface area contributed by atoms with Gasteiger partial charge >= 0.3 is 11.9 Å². The molecule has 4 rings (SSSR count). The maximum Gasteiger partial charge on any atom is 0.351 e. The molecule has 3 saturated carbocycles. The van der Waals surface area contributed by atoms with Crippen LogP contribution in [0, 0.1) is 22.7 Å². The molecule has 4 aliphatic carbocycles. The number of halogens is 3. The lowest BCUT2D eigenvalue weighted by Crippen LogP contribution is -2.69. The standard InChI is InChI=1S/C25H31Cl2FO6/c1-4-11-33-21(32)24(34-20(31)19(26)27)10-8-16-17-6-5-14-12-15(29)7-9-22(14,2)25(17,28)18(30)13-23(16,24)3/h7,9,12,16-19,30H,4-6,8,10-11,13H2,1-3H3/t16-,17-,18-,22-,23-,24-,25-/m0/s1. The van der Waals surface area contributed by atoms with Gasteiger partial charge in [-0.1, -0.05) is 48.7 Å². The van der Waals surface area contributed by atoms with Gasteiger partial charge in [-0.2, -0.15) is 0 Å². The quantitative estimate of drug-likeness (QED) is 0.430. The summed E-state index contributed by atoms with van der Waals surface area (Å²) < 4.78 is 28.4. The summed E-state index contributed by atoms with van der Waals surface area (Å²) in [6, 6.07) is 0. The summed E-state index contributed by atoms with van der Waals surface area (Å²) in [6.45, 7) is 5.47. The summed E-state index contributed by atoms with van der Waals surface area (Å²) >= 11 is 11.5. The van der Waals surface area contributed by atoms with Crippen molar-refractivity contribution in [2.24, 2.45) is 22.7 Å². The van der Waals surface area contributed by atoms with Gasteiger partial charge in [-0.25, -0.2) is 14.0 Å². The van der Waals surface area contributed by atoms with Crippen molar-refractivity contribution in [2.75, 3.05) is 6.61 Å². The van der Waals surface area contributed by atoms with Crippen LogP contribution < -0.4 is 0 Å². The van der Waals surface area contributed by atoms with Crippen molar-refractivity contribution >= 4 is 40.9 Å². The second kappa shape index (κ2) is 8.59. The van der Waals surface area contributed by atoms with Gasteiger partial charge in [0, 0.05) is 16.7 Å². The Morgan fingerprint density at radius 2 is 1.97 bits per heavy atom. The molecule has 0 heterocycles. The molecule has 0 spiro atoms. The molecular formula is C25H31Cl2FO6. The van der Waals surface area contributed by atoms with Crippen molar-refractivity contribution in [3.05, 3.63) is 23.8 Å². The number of fused-ring (bicyclic) bond motifs is 5. The van der Waals surface area contributed by atoms with E-state index in [0.29, 0.717) is 31.3 Å². The third-order valence-corrected chi connectivity index (χ3v) is 9.34. The normalized spacial score (nSPS) is 43.0. The molecule has 0 aliphatic heterocycles. The van der Waals surface area contributed by atoms with Crippen LogP contribution in [-0.4, -0.2) is 51.6 Å². The van der Waals surface area contributed by atoms with Crippen molar-refractivity contribution in [3.8, 4) is 0 Å². The van der Waals surface area contributed by atoms with Gasteiger partial charge in [0.1, 0.15) is 0 Å². The number of hydrogen-bond acceptors (Lipinski definition) is 6. The van der Waals surface area contributed by atoms with Gasteiger partial charge in [0.25, 0.3) is 0 Å². The van der Waals surface area contributed by atoms with Gasteiger partial charge < -0.3 is 14.6 Å². The van der Waals surface area contributed by atoms with Crippen LogP contribution in [0.3, 0.4) is 0 Å². The van der Waals surface area contributed by atoms with Crippen LogP contribution in [0.5, 0.6) is 0 Å². The molecule has 0 aromatic heterocycles. The Kier molecular flexibility index (Phi) is 6.48. The monoisotopic (exact) mass is 516 g/mol. The van der Waals surface area contributed by atoms with E-state index in [1.54, 1.807) is 19.9 Å². The minimum Gasteiger partial charge on any atom is -0.463 e. The van der Waals surface area contributed by atoms with Crippen LogP contribution in [0.25, 0.3) is 0 Å². The van der Waals surface area contributed by atoms with Gasteiger partial charge in [-0.05, 0) is 63.5 Å². The lowest BCUT2D eigenvalue weighted by atomic mass is 9.45. The summed E-state index contributed by atoms with van der Waals surface area (Å²) in [6.07, 6.45) is 4.81. The minimum absolute atomic E-state index is 0.121.